The van der Waals surface area contributed by atoms with Crippen molar-refractivity contribution in [3.05, 3.63) is 0 Å². The lowest BCUT2D eigenvalue weighted by molar-refractivity contribution is -0.161. The lowest BCUT2D eigenvalue weighted by Crippen LogP contribution is -2.30. The van der Waals surface area contributed by atoms with Crippen molar-refractivity contribution in [3.8, 4) is 0 Å². The number of esters is 4. The van der Waals surface area contributed by atoms with Gasteiger partial charge in [-0.15, -0.1) is 0 Å². The Morgan fingerprint density at radius 1 is 0.307 bits per heavy atom. The molecule has 0 heterocycles. The zero-order valence-electron chi connectivity index (χ0n) is 57.3. The van der Waals surface area contributed by atoms with Gasteiger partial charge in [0.25, 0.3) is 0 Å². The molecule has 0 aliphatic carbocycles. The highest BCUT2D eigenvalue weighted by Gasteiger charge is 2.30. The number of phosphoric ester groups is 2. The predicted molar refractivity (Wildman–Crippen MR) is 354 cm³/mol. The smallest absolute Gasteiger partial charge is 0.462 e. The molecule has 0 radical (unpaired) electrons. The van der Waals surface area contributed by atoms with Gasteiger partial charge in [-0.25, -0.2) is 9.13 Å². The average molecular weight is 1300 g/mol. The summed E-state index contributed by atoms with van der Waals surface area (Å²) in [6, 6.07) is 0. The summed E-state index contributed by atoms with van der Waals surface area (Å²) in [5, 5.41) is 10.6. The van der Waals surface area contributed by atoms with E-state index in [4.69, 9.17) is 37.0 Å². The first-order chi connectivity index (χ1) is 42.2. The molecule has 0 rings (SSSR count). The Labute approximate surface area is 537 Å². The SMILES string of the molecule is CCC(C)CCCCCCCCCCCCCCCCC(=O)O[C@H](COC(=O)CCCCCCCCC(C)CC)COP(=O)(O)OC[C@H](O)COP(=O)(O)OC[C@@H](COC(=O)CCCCCCCCC(C)CC)OC(=O)CCCCCCCCC(C)CC. The molecular formula is C69H134O17P2. The van der Waals surface area contributed by atoms with Crippen molar-refractivity contribution in [2.45, 2.75) is 356 Å². The number of aliphatic hydroxyl groups is 1. The molecule has 0 spiro atoms. The molecule has 0 bridgehead atoms. The van der Waals surface area contributed by atoms with Crippen LogP contribution in [0.5, 0.6) is 0 Å². The van der Waals surface area contributed by atoms with Crippen LogP contribution >= 0.6 is 15.6 Å². The Morgan fingerprint density at radius 3 is 0.750 bits per heavy atom. The standard InChI is InChI=1S/C69H134O17P2/c1-9-59(5)45-37-29-21-19-17-15-13-14-16-18-20-22-35-43-51-68(73)85-64(55-79-66(71)49-41-33-26-23-30-38-46-60(6)10-2)57-83-87(75,76)81-53-63(70)54-82-88(77,78)84-58-65(86-69(74)52-44-36-28-25-32-40-48-62(8)12-4)56-80-67(72)50-42-34-27-24-31-39-47-61(7)11-3/h59-65,70H,9-58H2,1-8H3,(H,75,76)(H,77,78)/t59?,60?,61?,62?,63-,64+,65+/m0/s1. The second-order valence-corrected chi connectivity index (χ2v) is 28.8. The molecule has 522 valence electrons. The van der Waals surface area contributed by atoms with Crippen LogP contribution in [0.15, 0.2) is 0 Å². The molecule has 0 saturated heterocycles. The van der Waals surface area contributed by atoms with Crippen molar-refractivity contribution < 1.29 is 80.2 Å². The molecule has 0 aliphatic heterocycles. The van der Waals surface area contributed by atoms with Crippen molar-refractivity contribution >= 4 is 39.5 Å². The van der Waals surface area contributed by atoms with Crippen molar-refractivity contribution in [3.63, 3.8) is 0 Å². The van der Waals surface area contributed by atoms with E-state index in [1.54, 1.807) is 0 Å². The average Bonchev–Trinajstić information content (AvgIpc) is 3.72. The van der Waals surface area contributed by atoms with Crippen LogP contribution < -0.4 is 0 Å². The monoisotopic (exact) mass is 1300 g/mol. The summed E-state index contributed by atoms with van der Waals surface area (Å²) in [7, 11) is -9.90. The van der Waals surface area contributed by atoms with Crippen LogP contribution in [-0.4, -0.2) is 96.7 Å². The molecule has 0 aromatic carbocycles. The van der Waals surface area contributed by atoms with Crippen LogP contribution in [-0.2, 0) is 65.4 Å². The van der Waals surface area contributed by atoms with Crippen LogP contribution in [0.3, 0.4) is 0 Å². The first-order valence-corrected chi connectivity index (χ1v) is 38.8. The fraction of sp³-hybridized carbons (Fsp3) is 0.942. The summed E-state index contributed by atoms with van der Waals surface area (Å²) in [4.78, 5) is 72.4. The summed E-state index contributed by atoms with van der Waals surface area (Å²) < 4.78 is 68.2. The normalized spacial score (nSPS) is 15.5. The Balaban J connectivity index is 5.23. The molecule has 0 aliphatic rings. The van der Waals surface area contributed by atoms with E-state index < -0.39 is 97.5 Å². The zero-order valence-corrected chi connectivity index (χ0v) is 59.1. The minimum Gasteiger partial charge on any atom is -0.462 e. The Bertz CT molecular complexity index is 1760. The minimum absolute atomic E-state index is 0.101. The highest BCUT2D eigenvalue weighted by atomic mass is 31.2. The number of hydrogen-bond acceptors (Lipinski definition) is 15. The molecular weight excluding hydrogens is 1160 g/mol. The molecule has 3 N–H and O–H groups in total. The van der Waals surface area contributed by atoms with Gasteiger partial charge in [-0.2, -0.15) is 0 Å². The second-order valence-electron chi connectivity index (χ2n) is 25.9. The molecule has 0 amide bonds. The number of phosphoric acid groups is 2. The maximum atomic E-state index is 13.0. The van der Waals surface area contributed by atoms with Crippen molar-refractivity contribution in [2.24, 2.45) is 23.7 Å². The van der Waals surface area contributed by atoms with E-state index >= 15 is 0 Å². The molecule has 19 heteroatoms. The lowest BCUT2D eigenvalue weighted by Gasteiger charge is -2.21. The number of hydrogen-bond donors (Lipinski definition) is 3. The molecule has 0 aromatic heterocycles. The van der Waals surface area contributed by atoms with Gasteiger partial charge in [-0.3, -0.25) is 37.3 Å². The molecule has 17 nitrogen and oxygen atoms in total. The first kappa shape index (κ1) is 86.1. The van der Waals surface area contributed by atoms with E-state index in [0.29, 0.717) is 25.7 Å². The molecule has 9 atom stereocenters. The highest BCUT2D eigenvalue weighted by molar-refractivity contribution is 7.47. The van der Waals surface area contributed by atoms with E-state index in [1.165, 1.54) is 128 Å². The first-order valence-electron chi connectivity index (χ1n) is 35.9. The zero-order chi connectivity index (χ0) is 65.4. The third-order valence-electron chi connectivity index (χ3n) is 17.3. The van der Waals surface area contributed by atoms with Crippen LogP contribution in [0.4, 0.5) is 0 Å². The maximum absolute atomic E-state index is 13.0. The van der Waals surface area contributed by atoms with Gasteiger partial charge in [0.05, 0.1) is 26.4 Å². The van der Waals surface area contributed by atoms with E-state index in [9.17, 15) is 43.2 Å². The van der Waals surface area contributed by atoms with Crippen molar-refractivity contribution in [1.29, 1.82) is 0 Å². The Morgan fingerprint density at radius 2 is 0.511 bits per heavy atom. The fourth-order valence-electron chi connectivity index (χ4n) is 10.2. The van der Waals surface area contributed by atoms with Crippen molar-refractivity contribution in [1.82, 2.24) is 0 Å². The van der Waals surface area contributed by atoms with Gasteiger partial charge in [0, 0.05) is 25.7 Å². The number of ether oxygens (including phenoxy) is 4. The van der Waals surface area contributed by atoms with Gasteiger partial charge in [0.2, 0.25) is 0 Å². The molecule has 0 aromatic rings. The summed E-state index contributed by atoms with van der Waals surface area (Å²) in [6.07, 6.45) is 40.4. The maximum Gasteiger partial charge on any atom is 0.472 e. The number of unbranched alkanes of at least 4 members (excludes halogenated alkanes) is 28. The van der Waals surface area contributed by atoms with E-state index in [0.717, 1.165) is 126 Å². The highest BCUT2D eigenvalue weighted by Crippen LogP contribution is 2.45. The number of carbonyl (C=O) groups excluding carboxylic acids is 4. The van der Waals surface area contributed by atoms with Crippen LogP contribution in [0.1, 0.15) is 338 Å². The Kier molecular flexibility index (Phi) is 57.6. The predicted octanol–water partition coefficient (Wildman–Crippen LogP) is 19.3. The lowest BCUT2D eigenvalue weighted by atomic mass is 9.99. The summed E-state index contributed by atoms with van der Waals surface area (Å²) in [5.41, 5.74) is 0. The molecule has 0 saturated carbocycles. The number of aliphatic hydroxyl groups excluding tert-OH is 1. The number of rotatable bonds is 66. The quantitative estimate of drug-likeness (QED) is 0.0222. The Hall–Kier alpha value is -1.94. The third kappa shape index (κ3) is 57.9. The van der Waals surface area contributed by atoms with Gasteiger partial charge >= 0.3 is 39.5 Å². The molecule has 88 heavy (non-hydrogen) atoms. The summed E-state index contributed by atoms with van der Waals surface area (Å²) in [5.74, 6) is 0.892. The minimum atomic E-state index is -4.95. The topological polar surface area (TPSA) is 237 Å². The molecule has 0 fully saturated rings. The van der Waals surface area contributed by atoms with Crippen LogP contribution in [0, 0.1) is 23.7 Å². The van der Waals surface area contributed by atoms with Gasteiger partial charge in [0.1, 0.15) is 19.3 Å². The van der Waals surface area contributed by atoms with Gasteiger partial charge < -0.3 is 33.8 Å². The van der Waals surface area contributed by atoms with Crippen LogP contribution in [0.2, 0.25) is 0 Å². The van der Waals surface area contributed by atoms with Gasteiger partial charge in [0.15, 0.2) is 12.2 Å². The largest absolute Gasteiger partial charge is 0.472 e. The second kappa shape index (κ2) is 58.8. The fourth-order valence-corrected chi connectivity index (χ4v) is 11.8. The van der Waals surface area contributed by atoms with Gasteiger partial charge in [-0.1, -0.05) is 287 Å². The third-order valence-corrected chi connectivity index (χ3v) is 19.2. The summed E-state index contributed by atoms with van der Waals surface area (Å²) in [6.45, 7) is 14.1. The van der Waals surface area contributed by atoms with Gasteiger partial charge in [-0.05, 0) is 49.4 Å². The van der Waals surface area contributed by atoms with Crippen LogP contribution in [0.25, 0.3) is 0 Å². The summed E-state index contributed by atoms with van der Waals surface area (Å²) >= 11 is 0. The van der Waals surface area contributed by atoms with E-state index in [1.807, 2.05) is 0 Å². The van der Waals surface area contributed by atoms with E-state index in [2.05, 4.69) is 55.4 Å². The molecule has 6 unspecified atom stereocenters. The number of carbonyl (C=O) groups is 4. The van der Waals surface area contributed by atoms with Crippen molar-refractivity contribution in [2.75, 3.05) is 39.6 Å². The van der Waals surface area contributed by atoms with E-state index in [-0.39, 0.29) is 25.7 Å².